The van der Waals surface area contributed by atoms with E-state index >= 15 is 0 Å². The van der Waals surface area contributed by atoms with Crippen molar-refractivity contribution in [3.05, 3.63) is 42.2 Å². The third kappa shape index (κ3) is 2.83. The van der Waals surface area contributed by atoms with E-state index in [1.165, 1.54) is 0 Å². The van der Waals surface area contributed by atoms with E-state index in [1.807, 2.05) is 25.1 Å². The number of carbonyl (C=O) groups is 1. The number of aromatic nitrogens is 1. The molecule has 1 fully saturated rings. The number of benzene rings is 1. The largest absolute Gasteiger partial charge is 0.335 e. The molecule has 0 aliphatic carbocycles. The molecule has 1 aliphatic heterocycles. The first-order valence-corrected chi connectivity index (χ1v) is 9.14. The Balaban J connectivity index is 1.98. The quantitative estimate of drug-likeness (QED) is 0.805. The van der Waals surface area contributed by atoms with Crippen LogP contribution in [0.15, 0.2) is 36.7 Å². The van der Waals surface area contributed by atoms with Crippen LogP contribution >= 0.6 is 0 Å². The van der Waals surface area contributed by atoms with Crippen molar-refractivity contribution in [3.63, 3.8) is 0 Å². The summed E-state index contributed by atoms with van der Waals surface area (Å²) in [6.07, 6.45) is 3.87. The molecule has 0 saturated carbocycles. The lowest BCUT2D eigenvalue weighted by atomic mass is 10.0. The molecule has 1 aromatic carbocycles. The molecule has 116 valence electrons. The molecule has 0 radical (unpaired) electrons. The number of nitrogens with zero attached hydrogens (tertiary/aromatic N) is 2. The molecule has 22 heavy (non-hydrogen) atoms. The van der Waals surface area contributed by atoms with Crippen LogP contribution in [0.25, 0.3) is 10.8 Å². The van der Waals surface area contributed by atoms with Gasteiger partial charge in [0.15, 0.2) is 9.84 Å². The van der Waals surface area contributed by atoms with Crippen molar-refractivity contribution in [3.8, 4) is 0 Å². The summed E-state index contributed by atoms with van der Waals surface area (Å²) in [6, 6.07) is 7.27. The van der Waals surface area contributed by atoms with Gasteiger partial charge in [-0.2, -0.15) is 0 Å². The zero-order valence-corrected chi connectivity index (χ0v) is 13.2. The van der Waals surface area contributed by atoms with Crippen molar-refractivity contribution >= 4 is 26.5 Å². The summed E-state index contributed by atoms with van der Waals surface area (Å²) >= 11 is 0. The van der Waals surface area contributed by atoms with Crippen LogP contribution in [0.4, 0.5) is 0 Å². The Hall–Kier alpha value is -1.95. The van der Waals surface area contributed by atoms with Crippen LogP contribution in [0.1, 0.15) is 23.7 Å². The number of carbonyl (C=O) groups excluding carboxylic acids is 1. The summed E-state index contributed by atoms with van der Waals surface area (Å²) in [5, 5.41) is 1.75. The Morgan fingerprint density at radius 3 is 2.91 bits per heavy atom. The molecule has 1 saturated heterocycles. The van der Waals surface area contributed by atoms with Crippen molar-refractivity contribution in [2.75, 3.05) is 18.1 Å². The molecule has 6 heteroatoms. The van der Waals surface area contributed by atoms with E-state index in [4.69, 9.17) is 0 Å². The maximum atomic E-state index is 12.9. The van der Waals surface area contributed by atoms with Gasteiger partial charge in [-0.25, -0.2) is 8.42 Å². The van der Waals surface area contributed by atoms with Gasteiger partial charge in [-0.3, -0.25) is 9.78 Å². The first-order chi connectivity index (χ1) is 10.5. The number of hydrogen-bond donors (Lipinski definition) is 0. The van der Waals surface area contributed by atoms with Crippen LogP contribution in [0.3, 0.4) is 0 Å². The normalized spacial score (nSPS) is 21.5. The van der Waals surface area contributed by atoms with Gasteiger partial charge >= 0.3 is 0 Å². The fourth-order valence-corrected chi connectivity index (χ4v) is 4.21. The van der Waals surface area contributed by atoms with Crippen LogP contribution in [-0.2, 0) is 9.84 Å². The minimum Gasteiger partial charge on any atom is -0.335 e. The molecule has 3 rings (SSSR count). The lowest BCUT2D eigenvalue weighted by Gasteiger charge is -2.27. The van der Waals surface area contributed by atoms with Gasteiger partial charge in [-0.1, -0.05) is 12.1 Å². The minimum atomic E-state index is -3.05. The Bertz CT molecular complexity index is 812. The molecule has 0 bridgehead atoms. The Morgan fingerprint density at radius 1 is 1.27 bits per heavy atom. The third-order valence-corrected chi connectivity index (χ3v) is 5.86. The predicted octanol–water partition coefficient (Wildman–Crippen LogP) is 1.88. The maximum Gasteiger partial charge on any atom is 0.254 e. The zero-order chi connectivity index (χ0) is 15.7. The van der Waals surface area contributed by atoms with E-state index in [0.717, 1.165) is 10.8 Å². The van der Waals surface area contributed by atoms with E-state index in [9.17, 15) is 13.2 Å². The summed E-state index contributed by atoms with van der Waals surface area (Å²) in [4.78, 5) is 18.6. The number of sulfone groups is 1. The van der Waals surface area contributed by atoms with E-state index in [1.54, 1.807) is 23.4 Å². The topological polar surface area (TPSA) is 67.3 Å². The van der Waals surface area contributed by atoms with E-state index in [0.29, 0.717) is 12.0 Å². The van der Waals surface area contributed by atoms with Gasteiger partial charge in [0.25, 0.3) is 5.91 Å². The summed E-state index contributed by atoms with van der Waals surface area (Å²) in [6.45, 7) is 2.16. The molecule has 2 heterocycles. The zero-order valence-electron chi connectivity index (χ0n) is 12.4. The number of fused-ring (bicyclic) bond motifs is 1. The van der Waals surface area contributed by atoms with Crippen LogP contribution in [0, 0.1) is 0 Å². The third-order valence-electron chi connectivity index (χ3n) is 4.19. The van der Waals surface area contributed by atoms with Crippen molar-refractivity contribution < 1.29 is 13.2 Å². The fourth-order valence-electron chi connectivity index (χ4n) is 2.83. The van der Waals surface area contributed by atoms with Gasteiger partial charge in [0.05, 0.1) is 11.5 Å². The van der Waals surface area contributed by atoms with Crippen molar-refractivity contribution in [2.45, 2.75) is 19.4 Å². The molecule has 1 aromatic heterocycles. The number of hydrogen-bond acceptors (Lipinski definition) is 4. The van der Waals surface area contributed by atoms with Crippen molar-refractivity contribution in [1.82, 2.24) is 9.88 Å². The second-order valence-corrected chi connectivity index (χ2v) is 7.99. The summed E-state index contributed by atoms with van der Waals surface area (Å²) in [7, 11) is -3.05. The molecule has 1 aliphatic rings. The Labute approximate surface area is 129 Å². The minimum absolute atomic E-state index is 0.0371. The molecule has 1 atom stereocenters. The van der Waals surface area contributed by atoms with Gasteiger partial charge in [0.2, 0.25) is 0 Å². The molecule has 1 amide bonds. The van der Waals surface area contributed by atoms with E-state index in [2.05, 4.69) is 4.98 Å². The highest BCUT2D eigenvalue weighted by atomic mass is 32.2. The van der Waals surface area contributed by atoms with Crippen LogP contribution in [0.5, 0.6) is 0 Å². The standard InChI is InChI=1S/C16H18N2O3S/c1-12-6-9-22(20,21)10-8-18(12)16(19)15-4-2-3-13-11-17-7-5-14(13)15/h2-5,7,11-12H,6,8-10H2,1H3. The molecule has 2 aromatic rings. The SMILES string of the molecule is CC1CCS(=O)(=O)CCN1C(=O)c1cccc2cnccc12. The summed E-state index contributed by atoms with van der Waals surface area (Å²) < 4.78 is 23.6. The van der Waals surface area contributed by atoms with Crippen LogP contribution in [-0.4, -0.2) is 48.3 Å². The van der Waals surface area contributed by atoms with Gasteiger partial charge in [-0.15, -0.1) is 0 Å². The lowest BCUT2D eigenvalue weighted by Crippen LogP contribution is -2.39. The van der Waals surface area contributed by atoms with Crippen molar-refractivity contribution in [2.24, 2.45) is 0 Å². The highest BCUT2D eigenvalue weighted by Crippen LogP contribution is 2.22. The first kappa shape index (κ1) is 15.0. The molecule has 1 unspecified atom stereocenters. The first-order valence-electron chi connectivity index (χ1n) is 7.32. The maximum absolute atomic E-state index is 12.9. The molecular formula is C16H18N2O3S. The Kier molecular flexibility index (Phi) is 3.87. The number of amides is 1. The van der Waals surface area contributed by atoms with Gasteiger partial charge in [0, 0.05) is 35.9 Å². The molecule has 0 N–H and O–H groups in total. The van der Waals surface area contributed by atoms with E-state index in [-0.39, 0.29) is 30.0 Å². The van der Waals surface area contributed by atoms with E-state index < -0.39 is 9.84 Å². The predicted molar refractivity (Wildman–Crippen MR) is 85.5 cm³/mol. The molecule has 0 spiro atoms. The van der Waals surface area contributed by atoms with Crippen LogP contribution in [0.2, 0.25) is 0 Å². The smallest absolute Gasteiger partial charge is 0.254 e. The average molecular weight is 318 g/mol. The van der Waals surface area contributed by atoms with Crippen molar-refractivity contribution in [1.29, 1.82) is 0 Å². The fraction of sp³-hybridized carbons (Fsp3) is 0.375. The average Bonchev–Trinajstić information content (AvgIpc) is 2.65. The lowest BCUT2D eigenvalue weighted by molar-refractivity contribution is 0.0708. The van der Waals surface area contributed by atoms with Gasteiger partial charge < -0.3 is 4.90 Å². The number of rotatable bonds is 1. The highest BCUT2D eigenvalue weighted by molar-refractivity contribution is 7.91. The summed E-state index contributed by atoms with van der Waals surface area (Å²) in [5.74, 6) is 0.0775. The second kappa shape index (κ2) is 5.68. The Morgan fingerprint density at radius 2 is 2.09 bits per heavy atom. The van der Waals surface area contributed by atoms with Gasteiger partial charge in [0.1, 0.15) is 0 Å². The second-order valence-electron chi connectivity index (χ2n) is 5.69. The highest BCUT2D eigenvalue weighted by Gasteiger charge is 2.28. The monoisotopic (exact) mass is 318 g/mol. The van der Waals surface area contributed by atoms with Gasteiger partial charge in [-0.05, 0) is 30.9 Å². The number of pyridine rings is 1. The molecular weight excluding hydrogens is 300 g/mol. The summed E-state index contributed by atoms with van der Waals surface area (Å²) in [5.41, 5.74) is 0.603. The van der Waals surface area contributed by atoms with Crippen LogP contribution < -0.4 is 0 Å². The molecule has 5 nitrogen and oxygen atoms in total.